The van der Waals surface area contributed by atoms with Crippen molar-refractivity contribution in [3.63, 3.8) is 0 Å². The Morgan fingerprint density at radius 1 is 0.831 bits per heavy atom. The minimum atomic E-state index is -0.619. The fraction of sp³-hybridized carbons (Fsp3) is 0.571. The summed E-state index contributed by atoms with van der Waals surface area (Å²) >= 11 is 0. The lowest BCUT2D eigenvalue weighted by molar-refractivity contribution is -0.136. The average molecular weight is 1140 g/mol. The van der Waals surface area contributed by atoms with E-state index in [0.717, 1.165) is 125 Å². The largest absolute Gasteiger partial charge is 0.468 e. The normalized spacial score (nSPS) is 23.5. The third-order valence-corrected chi connectivity index (χ3v) is 18.9. The van der Waals surface area contributed by atoms with Crippen LogP contribution in [0.15, 0.2) is 54.7 Å². The molecule has 1 N–H and O–H groups in total. The molecule has 20 heteroatoms. The van der Waals surface area contributed by atoms with Crippen molar-refractivity contribution in [2.24, 2.45) is 11.3 Å². The predicted molar refractivity (Wildman–Crippen MR) is 312 cm³/mol. The number of amides is 4. The Kier molecular flexibility index (Phi) is 14.9. The summed E-state index contributed by atoms with van der Waals surface area (Å²) in [6.07, 6.45) is 8.89. The molecule has 7 aliphatic heterocycles. The van der Waals surface area contributed by atoms with Crippen LogP contribution in [0.4, 0.5) is 20.7 Å². The number of pyridine rings is 1. The molecule has 3 atom stereocenters. The number of benzene rings is 3. The van der Waals surface area contributed by atoms with Gasteiger partial charge < -0.3 is 33.6 Å². The smallest absolute Gasteiger partial charge is 0.410 e. The first-order chi connectivity index (χ1) is 40.1. The second-order valence-electron chi connectivity index (χ2n) is 25.7. The van der Waals surface area contributed by atoms with Crippen LogP contribution in [0.3, 0.4) is 0 Å². The number of likely N-dealkylation sites (tertiary alicyclic amines) is 2. The Morgan fingerprint density at radius 2 is 1.60 bits per heavy atom. The highest BCUT2D eigenvalue weighted by Crippen LogP contribution is 2.48. The molecule has 1 aliphatic carbocycles. The molecule has 0 spiro atoms. The fourth-order valence-electron chi connectivity index (χ4n) is 14.3. The van der Waals surface area contributed by atoms with Crippen LogP contribution in [0.1, 0.15) is 101 Å². The van der Waals surface area contributed by atoms with Gasteiger partial charge in [0.05, 0.1) is 24.1 Å². The van der Waals surface area contributed by atoms with Gasteiger partial charge >= 0.3 is 12.1 Å². The van der Waals surface area contributed by atoms with Gasteiger partial charge in [-0.1, -0.05) is 25.1 Å². The molecule has 19 nitrogen and oxygen atoms in total. The van der Waals surface area contributed by atoms with E-state index < -0.39 is 17.5 Å². The van der Waals surface area contributed by atoms with Crippen LogP contribution in [-0.2, 0) is 32.0 Å². The minimum Gasteiger partial charge on any atom is -0.468 e. The lowest BCUT2D eigenvalue weighted by atomic mass is 9.93. The van der Waals surface area contributed by atoms with Crippen molar-refractivity contribution < 1.29 is 42.5 Å². The third-order valence-electron chi connectivity index (χ3n) is 18.9. The number of carbonyl (C=O) groups is 4. The maximum atomic E-state index is 17.7. The first-order valence-electron chi connectivity index (χ1n) is 30.2. The number of anilines is 2. The number of hydrogen-bond donors (Lipinski definition) is 1. The number of methoxy groups -OCH3 is 1. The number of rotatable bonds is 16. The van der Waals surface area contributed by atoms with E-state index in [4.69, 9.17) is 33.9 Å². The van der Waals surface area contributed by atoms with Gasteiger partial charge in [-0.15, -0.1) is 0 Å². The molecule has 9 heterocycles. The highest BCUT2D eigenvalue weighted by Gasteiger charge is 2.49. The van der Waals surface area contributed by atoms with E-state index in [-0.39, 0.29) is 71.7 Å². The molecular formula is C63H78FN11O8. The fourth-order valence-corrected chi connectivity index (χ4v) is 14.3. The van der Waals surface area contributed by atoms with Crippen molar-refractivity contribution in [3.05, 3.63) is 77.2 Å². The summed E-state index contributed by atoms with van der Waals surface area (Å²) in [6.45, 7) is 19.9. The Labute approximate surface area is 484 Å². The van der Waals surface area contributed by atoms with Gasteiger partial charge in [-0.05, 0) is 143 Å². The SMILES string of the molecule is CCc1cccc2cc(OCOC)cc(-c3ncc4c(N5CC6CCC(C5)N6C(=O)OC(C)(C)C)nc(OCC5(CN6CC(N7CCC(CN8CCN(c9ccc%10c(c9)CN([C@H]9CCC(=O)NC9=O)C%10=O)CC8)CC7)C6)CC5)nc4c3F)c12. The van der Waals surface area contributed by atoms with E-state index in [1.807, 2.05) is 62.1 Å². The molecule has 3 aromatic carbocycles. The van der Waals surface area contributed by atoms with Crippen LogP contribution >= 0.6 is 0 Å². The first kappa shape index (κ1) is 55.4. The second kappa shape index (κ2) is 22.4. The average Bonchev–Trinajstić information content (AvgIpc) is 4.10. The number of aromatic nitrogens is 3. The number of nitrogens with one attached hydrogen (secondary N) is 1. The maximum absolute atomic E-state index is 17.7. The number of fused-ring (bicyclic) bond motifs is 5. The maximum Gasteiger partial charge on any atom is 0.410 e. The van der Waals surface area contributed by atoms with E-state index in [9.17, 15) is 19.2 Å². The molecule has 2 unspecified atom stereocenters. The monoisotopic (exact) mass is 1140 g/mol. The molecule has 7 fully saturated rings. The molecule has 2 aromatic heterocycles. The Bertz CT molecular complexity index is 3320. The zero-order chi connectivity index (χ0) is 57.3. The number of hydrogen-bond acceptors (Lipinski definition) is 16. The van der Waals surface area contributed by atoms with E-state index >= 15 is 4.39 Å². The van der Waals surface area contributed by atoms with Gasteiger partial charge in [-0.25, -0.2) is 9.18 Å². The molecule has 13 rings (SSSR count). The highest BCUT2D eigenvalue weighted by molar-refractivity contribution is 6.06. The van der Waals surface area contributed by atoms with E-state index in [2.05, 4.69) is 48.9 Å². The molecule has 8 aliphatic rings. The number of ether oxygens (including phenoxy) is 4. The lowest BCUT2D eigenvalue weighted by Gasteiger charge is -2.49. The van der Waals surface area contributed by atoms with Crippen molar-refractivity contribution in [3.8, 4) is 23.0 Å². The van der Waals surface area contributed by atoms with Gasteiger partial charge in [0.25, 0.3) is 5.91 Å². The number of aryl methyl sites for hydroxylation is 1. The van der Waals surface area contributed by atoms with Crippen molar-refractivity contribution in [1.29, 1.82) is 0 Å². The van der Waals surface area contributed by atoms with Gasteiger partial charge in [-0.2, -0.15) is 9.97 Å². The van der Waals surface area contributed by atoms with Gasteiger partial charge in [0.1, 0.15) is 34.4 Å². The number of piperidine rings is 2. The van der Waals surface area contributed by atoms with Crippen molar-refractivity contribution in [1.82, 2.24) is 44.8 Å². The van der Waals surface area contributed by atoms with Gasteiger partial charge in [-0.3, -0.25) is 44.3 Å². The summed E-state index contributed by atoms with van der Waals surface area (Å²) in [5.74, 6) is 0.414. The van der Waals surface area contributed by atoms with Crippen molar-refractivity contribution >= 4 is 57.0 Å². The summed E-state index contributed by atoms with van der Waals surface area (Å²) in [5, 5.41) is 4.70. The summed E-state index contributed by atoms with van der Waals surface area (Å²) in [4.78, 5) is 81.9. The Balaban J connectivity index is 0.637. The van der Waals surface area contributed by atoms with Gasteiger partial charge in [0.2, 0.25) is 11.8 Å². The Hall–Kier alpha value is -6.74. The number of piperazine rings is 2. The second-order valence-corrected chi connectivity index (χ2v) is 25.7. The molecule has 4 amide bonds. The minimum absolute atomic E-state index is 0.0306. The van der Waals surface area contributed by atoms with Crippen LogP contribution in [0, 0.1) is 17.2 Å². The lowest BCUT2D eigenvalue weighted by Crippen LogP contribution is -2.62. The summed E-state index contributed by atoms with van der Waals surface area (Å²) in [7, 11) is 1.57. The molecular weight excluding hydrogens is 1060 g/mol. The first-order valence-corrected chi connectivity index (χ1v) is 30.2. The van der Waals surface area contributed by atoms with Crippen LogP contribution in [0.5, 0.6) is 11.8 Å². The standard InChI is InChI=1S/C63H78FN11O8/c1-6-40-8-7-9-41-27-47(82-38-80-5)28-49(53(40)41)55-54(64)56-50(29-65-55)57(73-34-44-10-11-45(35-73)75(44)61(79)83-62(2,3)4)68-60(67-56)81-37-63(18-19-63)36-70-32-46(33-70)71-20-16-39(17-21-71)30-69-22-24-72(25-23-69)43-12-13-48-42(26-43)31-74(59(48)78)51-14-15-52(76)66-58(51)77/h7-9,12-13,26-29,39,44-46,51H,6,10-11,14-25,30-38H2,1-5H3,(H,66,76,77)/t44?,45?,51-/m0/s1. The number of halogens is 1. The summed E-state index contributed by atoms with van der Waals surface area (Å²) < 4.78 is 41.4. The van der Waals surface area contributed by atoms with Crippen molar-refractivity contribution in [2.75, 3.05) is 109 Å². The Morgan fingerprint density at radius 3 is 2.31 bits per heavy atom. The van der Waals surface area contributed by atoms with Crippen LogP contribution in [-0.4, -0.2) is 192 Å². The predicted octanol–water partition coefficient (Wildman–Crippen LogP) is 7.26. The number of nitrogens with zero attached hydrogens (tertiary/aromatic N) is 10. The topological polar surface area (TPSA) is 179 Å². The molecule has 5 aromatic rings. The third kappa shape index (κ3) is 11.2. The van der Waals surface area contributed by atoms with Gasteiger partial charge in [0.15, 0.2) is 12.6 Å². The molecule has 6 saturated heterocycles. The van der Waals surface area contributed by atoms with Crippen LogP contribution in [0.2, 0.25) is 0 Å². The van der Waals surface area contributed by atoms with E-state index in [1.54, 1.807) is 18.2 Å². The zero-order valence-corrected chi connectivity index (χ0v) is 48.7. The van der Waals surface area contributed by atoms with Crippen LogP contribution < -0.4 is 24.6 Å². The molecule has 1 saturated carbocycles. The number of carbonyl (C=O) groups excluding carboxylic acids is 4. The quantitative estimate of drug-likeness (QED) is 0.0771. The summed E-state index contributed by atoms with van der Waals surface area (Å²) in [5.41, 5.74) is 4.04. The van der Waals surface area contributed by atoms with E-state index in [1.165, 1.54) is 12.8 Å². The molecule has 0 radical (unpaired) electrons. The van der Waals surface area contributed by atoms with E-state index in [0.29, 0.717) is 72.7 Å². The molecule has 440 valence electrons. The molecule has 83 heavy (non-hydrogen) atoms. The van der Waals surface area contributed by atoms with Crippen molar-refractivity contribution in [2.45, 2.75) is 122 Å². The highest BCUT2D eigenvalue weighted by atomic mass is 19.1. The summed E-state index contributed by atoms with van der Waals surface area (Å²) in [6, 6.07) is 15.8. The number of imide groups is 1. The van der Waals surface area contributed by atoms with Gasteiger partial charge in [0, 0.05) is 120 Å². The molecule has 2 bridgehead atoms. The van der Waals surface area contributed by atoms with Crippen LogP contribution in [0.25, 0.3) is 32.9 Å². The zero-order valence-electron chi connectivity index (χ0n) is 48.7.